The molecule has 0 aliphatic heterocycles. The molecule has 2 aromatic carbocycles. The fourth-order valence-corrected chi connectivity index (χ4v) is 8.26. The number of carbonyl (C=O) groups excluding carboxylic acids is 2. The van der Waals surface area contributed by atoms with Gasteiger partial charge in [-0.15, -0.1) is 0 Å². The van der Waals surface area contributed by atoms with Crippen molar-refractivity contribution >= 4 is 11.9 Å². The van der Waals surface area contributed by atoms with E-state index in [1.807, 2.05) is 24.3 Å². The zero-order valence-electron chi connectivity index (χ0n) is 28.7. The van der Waals surface area contributed by atoms with Gasteiger partial charge in [-0.1, -0.05) is 87.8 Å². The summed E-state index contributed by atoms with van der Waals surface area (Å²) in [6, 6.07) is 17.2. The van der Waals surface area contributed by atoms with Crippen molar-refractivity contribution in [3.05, 3.63) is 59.7 Å². The zero-order valence-corrected chi connectivity index (χ0v) is 28.7. The van der Waals surface area contributed by atoms with Gasteiger partial charge in [0, 0.05) is 25.2 Å². The zero-order chi connectivity index (χ0) is 33.0. The lowest BCUT2D eigenvalue weighted by molar-refractivity contribution is -0.175. The van der Waals surface area contributed by atoms with Crippen LogP contribution in [0.3, 0.4) is 0 Å². The highest BCUT2D eigenvalue weighted by atomic mass is 16.6. The molecule has 0 radical (unpaired) electrons. The molecule has 4 saturated carbocycles. The summed E-state index contributed by atoms with van der Waals surface area (Å²) in [5.41, 5.74) is 2.44. The van der Waals surface area contributed by atoms with E-state index in [4.69, 9.17) is 18.9 Å². The number of hydrogen-bond donors (Lipinski definition) is 2. The first-order valence-electron chi connectivity index (χ1n) is 18.9. The predicted octanol–water partition coefficient (Wildman–Crippen LogP) is 7.35. The minimum atomic E-state index is -0.988. The Morgan fingerprint density at radius 1 is 0.542 bits per heavy atom. The Morgan fingerprint density at radius 3 is 1.29 bits per heavy atom. The Bertz CT molecular complexity index is 1190. The van der Waals surface area contributed by atoms with Crippen LogP contribution in [0.2, 0.25) is 0 Å². The van der Waals surface area contributed by atoms with Crippen LogP contribution < -0.4 is 20.1 Å². The van der Waals surface area contributed by atoms with Gasteiger partial charge in [-0.05, 0) is 86.5 Å². The summed E-state index contributed by atoms with van der Waals surface area (Å²) < 4.78 is 24.3. The standard InChI is InChI=1S/C40H56N2O6/c43-39(47-33(25-41-31-17-5-6-18-31)27-45-37-23-11-9-21-35(37)29-13-1-2-14-29)40(44)48-34(26-42-32-19-7-8-20-32)28-46-38-24-12-10-22-36(38)30-15-3-4-16-30/h9-12,21-24,29-34,41-42H,1-8,13-20,25-28H2. The highest BCUT2D eigenvalue weighted by Crippen LogP contribution is 2.39. The van der Waals surface area contributed by atoms with Crippen LogP contribution >= 0.6 is 0 Å². The average molecular weight is 661 g/mol. The van der Waals surface area contributed by atoms with E-state index in [2.05, 4.69) is 34.9 Å². The Hall–Kier alpha value is -3.10. The van der Waals surface area contributed by atoms with Crippen LogP contribution in [0.15, 0.2) is 48.5 Å². The smallest absolute Gasteiger partial charge is 0.417 e. The molecular formula is C40H56N2O6. The molecule has 2 aromatic rings. The fourth-order valence-electron chi connectivity index (χ4n) is 8.26. The third kappa shape index (κ3) is 9.97. The first-order chi connectivity index (χ1) is 23.6. The van der Waals surface area contributed by atoms with E-state index >= 15 is 0 Å². The highest BCUT2D eigenvalue weighted by molar-refractivity contribution is 6.29. The number of esters is 2. The van der Waals surface area contributed by atoms with E-state index in [-0.39, 0.29) is 13.2 Å². The van der Waals surface area contributed by atoms with Gasteiger partial charge in [0.15, 0.2) is 0 Å². The van der Waals surface area contributed by atoms with Crippen LogP contribution in [0.5, 0.6) is 11.5 Å². The summed E-state index contributed by atoms with van der Waals surface area (Å²) in [7, 11) is 0. The topological polar surface area (TPSA) is 95.1 Å². The average Bonchev–Trinajstić information content (AvgIpc) is 3.96. The van der Waals surface area contributed by atoms with Gasteiger partial charge in [-0.2, -0.15) is 0 Å². The van der Waals surface area contributed by atoms with Crippen LogP contribution in [0.1, 0.15) is 126 Å². The second-order valence-corrected chi connectivity index (χ2v) is 14.5. The van der Waals surface area contributed by atoms with Crippen LogP contribution in [-0.2, 0) is 19.1 Å². The number of ether oxygens (including phenoxy) is 4. The number of para-hydroxylation sites is 2. The molecule has 4 fully saturated rings. The van der Waals surface area contributed by atoms with Gasteiger partial charge in [0.05, 0.1) is 0 Å². The van der Waals surface area contributed by atoms with Crippen molar-refractivity contribution in [2.75, 3.05) is 26.3 Å². The SMILES string of the molecule is O=C(OC(CNC1CCCC1)COc1ccccc1C1CCCC1)C(=O)OC(CNC1CCCC1)COc1ccccc1C1CCCC1. The van der Waals surface area contributed by atoms with E-state index in [0.29, 0.717) is 37.0 Å². The molecule has 48 heavy (non-hydrogen) atoms. The molecule has 0 bridgehead atoms. The Balaban J connectivity index is 1.08. The van der Waals surface area contributed by atoms with Crippen LogP contribution in [0, 0.1) is 0 Å². The van der Waals surface area contributed by atoms with Gasteiger partial charge < -0.3 is 29.6 Å². The van der Waals surface area contributed by atoms with Crippen LogP contribution in [0.4, 0.5) is 0 Å². The van der Waals surface area contributed by atoms with E-state index in [1.165, 1.54) is 88.2 Å². The van der Waals surface area contributed by atoms with Crippen molar-refractivity contribution in [1.82, 2.24) is 10.6 Å². The summed E-state index contributed by atoms with van der Waals surface area (Å²) in [6.45, 7) is 1.17. The fraction of sp³-hybridized carbons (Fsp3) is 0.650. The van der Waals surface area contributed by atoms with Crippen molar-refractivity contribution in [2.45, 2.75) is 139 Å². The Morgan fingerprint density at radius 2 is 0.896 bits per heavy atom. The van der Waals surface area contributed by atoms with Crippen molar-refractivity contribution in [2.24, 2.45) is 0 Å². The third-order valence-electron chi connectivity index (χ3n) is 11.0. The molecule has 4 aliphatic carbocycles. The maximum absolute atomic E-state index is 13.3. The molecule has 8 heteroatoms. The molecule has 0 heterocycles. The van der Waals surface area contributed by atoms with Gasteiger partial charge in [-0.3, -0.25) is 0 Å². The summed E-state index contributed by atoms with van der Waals surface area (Å²) >= 11 is 0. The van der Waals surface area contributed by atoms with Crippen LogP contribution in [-0.4, -0.2) is 62.5 Å². The normalized spacial score (nSPS) is 20.6. The molecule has 0 saturated heterocycles. The quantitative estimate of drug-likeness (QED) is 0.143. The van der Waals surface area contributed by atoms with Gasteiger partial charge in [0.1, 0.15) is 36.9 Å². The molecule has 6 rings (SSSR count). The van der Waals surface area contributed by atoms with Gasteiger partial charge >= 0.3 is 11.9 Å². The summed E-state index contributed by atoms with van der Waals surface area (Å²) in [5, 5.41) is 7.10. The molecule has 0 aromatic heterocycles. The number of rotatable bonds is 16. The molecule has 2 unspecified atom stereocenters. The molecular weight excluding hydrogens is 604 g/mol. The molecule has 4 aliphatic rings. The highest BCUT2D eigenvalue weighted by Gasteiger charge is 2.29. The lowest BCUT2D eigenvalue weighted by atomic mass is 9.97. The van der Waals surface area contributed by atoms with Gasteiger partial charge in [0.25, 0.3) is 0 Å². The number of carbonyl (C=O) groups is 2. The van der Waals surface area contributed by atoms with Crippen molar-refractivity contribution in [1.29, 1.82) is 0 Å². The third-order valence-corrected chi connectivity index (χ3v) is 11.0. The molecule has 2 atom stereocenters. The van der Waals surface area contributed by atoms with Crippen molar-refractivity contribution < 1.29 is 28.5 Å². The van der Waals surface area contributed by atoms with E-state index in [0.717, 1.165) is 37.2 Å². The van der Waals surface area contributed by atoms with Crippen molar-refractivity contribution in [3.8, 4) is 11.5 Å². The van der Waals surface area contributed by atoms with E-state index in [9.17, 15) is 9.59 Å². The van der Waals surface area contributed by atoms with Gasteiger partial charge in [0.2, 0.25) is 0 Å². The number of hydrogen-bond acceptors (Lipinski definition) is 8. The van der Waals surface area contributed by atoms with Crippen LogP contribution in [0.25, 0.3) is 0 Å². The number of benzene rings is 2. The second-order valence-electron chi connectivity index (χ2n) is 14.5. The lowest BCUT2D eigenvalue weighted by Gasteiger charge is -2.24. The maximum Gasteiger partial charge on any atom is 0.417 e. The first kappa shape index (κ1) is 34.8. The molecule has 8 nitrogen and oxygen atoms in total. The van der Waals surface area contributed by atoms with E-state index in [1.54, 1.807) is 0 Å². The molecule has 0 amide bonds. The lowest BCUT2D eigenvalue weighted by Crippen LogP contribution is -2.43. The van der Waals surface area contributed by atoms with E-state index < -0.39 is 24.1 Å². The molecule has 262 valence electrons. The van der Waals surface area contributed by atoms with Gasteiger partial charge in [-0.25, -0.2) is 9.59 Å². The monoisotopic (exact) mass is 660 g/mol. The summed E-state index contributed by atoms with van der Waals surface area (Å²) in [6.07, 6.45) is 17.6. The predicted molar refractivity (Wildman–Crippen MR) is 187 cm³/mol. The van der Waals surface area contributed by atoms with Crippen molar-refractivity contribution in [3.63, 3.8) is 0 Å². The summed E-state index contributed by atoms with van der Waals surface area (Å²) in [4.78, 5) is 26.6. The molecule has 2 N–H and O–H groups in total. The number of nitrogens with one attached hydrogen (secondary N) is 2. The maximum atomic E-state index is 13.3. The largest absolute Gasteiger partial charge is 0.489 e. The minimum Gasteiger partial charge on any atom is -0.489 e. The molecule has 0 spiro atoms. The second kappa shape index (κ2) is 18.1. The Labute approximate surface area is 287 Å². The summed E-state index contributed by atoms with van der Waals surface area (Å²) in [5.74, 6) is 0.687. The minimum absolute atomic E-state index is 0.163. The first-order valence-corrected chi connectivity index (χ1v) is 18.9. The Kier molecular flexibility index (Phi) is 13.1.